The maximum absolute atomic E-state index is 12.8. The molecule has 0 unspecified atom stereocenters. The van der Waals surface area contributed by atoms with Crippen LogP contribution in [0.15, 0.2) is 77.1 Å². The van der Waals surface area contributed by atoms with Crippen molar-refractivity contribution in [3.8, 4) is 0 Å². The van der Waals surface area contributed by atoms with Crippen molar-refractivity contribution < 1.29 is 34.4 Å². The molecule has 2 aliphatic rings. The minimum absolute atomic E-state index is 0.0418. The fourth-order valence-electron chi connectivity index (χ4n) is 4.82. The highest BCUT2D eigenvalue weighted by Gasteiger charge is 2.40. The third-order valence-corrected chi connectivity index (χ3v) is 7.36. The first-order valence-electron chi connectivity index (χ1n) is 14.5. The second-order valence-electron chi connectivity index (χ2n) is 10.7. The predicted molar refractivity (Wildman–Crippen MR) is 171 cm³/mol. The van der Waals surface area contributed by atoms with E-state index in [2.05, 4.69) is 54.0 Å². The highest BCUT2D eigenvalue weighted by Crippen LogP contribution is 2.31. The highest BCUT2D eigenvalue weighted by molar-refractivity contribution is 6.05. The Labute approximate surface area is 271 Å². The van der Waals surface area contributed by atoms with Gasteiger partial charge >= 0.3 is 5.97 Å². The van der Waals surface area contributed by atoms with Crippen LogP contribution < -0.4 is 27.2 Å². The average molecular weight is 661 g/mol. The zero-order valence-electron chi connectivity index (χ0n) is 25.3. The number of carboxylic acid groups (broad SMARTS) is 1. The summed E-state index contributed by atoms with van der Waals surface area (Å²) in [5, 5.41) is 37.2. The maximum atomic E-state index is 12.8. The molecule has 250 valence electrons. The van der Waals surface area contributed by atoms with Crippen molar-refractivity contribution in [1.29, 1.82) is 0 Å². The fraction of sp³-hybridized carbons (Fsp3) is 0.267. The zero-order chi connectivity index (χ0) is 34.5. The Morgan fingerprint density at radius 3 is 2.58 bits per heavy atom. The van der Waals surface area contributed by atoms with Gasteiger partial charge in [-0.05, 0) is 36.8 Å². The average Bonchev–Trinajstić information content (AvgIpc) is 3.34. The second kappa shape index (κ2) is 14.2. The normalized spacial score (nSPS) is 19.6. The smallest absolute Gasteiger partial charge is 0.326 e. The first-order chi connectivity index (χ1) is 22.9. The number of nitrogens with one attached hydrogen (secondary N) is 4. The number of hydrogen-bond donors (Lipinski definition) is 8. The number of carboxylic acids is 1. The quantitative estimate of drug-likeness (QED) is 0.118. The number of aliphatic hydroxyl groups excluding tert-OH is 2. The molecular formula is C30H32N10O8. The van der Waals surface area contributed by atoms with Crippen molar-refractivity contribution >= 4 is 46.4 Å². The summed E-state index contributed by atoms with van der Waals surface area (Å²) in [5.41, 5.74) is 6.74. The van der Waals surface area contributed by atoms with Crippen molar-refractivity contribution in [2.75, 3.05) is 17.7 Å². The lowest BCUT2D eigenvalue weighted by atomic mass is 10.1. The van der Waals surface area contributed by atoms with Gasteiger partial charge in [0.15, 0.2) is 17.4 Å². The second-order valence-corrected chi connectivity index (χ2v) is 10.7. The number of nitrogens with two attached hydrogens (primary N) is 1. The molecule has 2 aliphatic heterocycles. The summed E-state index contributed by atoms with van der Waals surface area (Å²) in [6.07, 6.45) is 1.25. The predicted octanol–water partition coefficient (Wildman–Crippen LogP) is -0.680. The highest BCUT2D eigenvalue weighted by atomic mass is 16.5. The van der Waals surface area contributed by atoms with E-state index in [1.807, 2.05) is 0 Å². The van der Waals surface area contributed by atoms with Gasteiger partial charge in [0.05, 0.1) is 25.0 Å². The van der Waals surface area contributed by atoms with Gasteiger partial charge in [-0.1, -0.05) is 13.2 Å². The van der Waals surface area contributed by atoms with Crippen LogP contribution in [0.3, 0.4) is 0 Å². The number of nitrogens with zero attached hydrogens (tertiary/aromatic N) is 5. The van der Waals surface area contributed by atoms with Crippen molar-refractivity contribution in [2.24, 2.45) is 4.99 Å². The number of amidine groups is 1. The van der Waals surface area contributed by atoms with Gasteiger partial charge in [-0.25, -0.2) is 19.8 Å². The van der Waals surface area contributed by atoms with Crippen molar-refractivity contribution in [2.45, 2.75) is 43.9 Å². The van der Waals surface area contributed by atoms with Crippen LogP contribution in [-0.4, -0.2) is 94.9 Å². The van der Waals surface area contributed by atoms with Crippen LogP contribution >= 0.6 is 0 Å². The van der Waals surface area contributed by atoms with E-state index >= 15 is 0 Å². The third-order valence-electron chi connectivity index (χ3n) is 7.36. The Kier molecular flexibility index (Phi) is 9.88. The number of aliphatic imine (C=N–C) groups is 1. The van der Waals surface area contributed by atoms with E-state index in [1.54, 1.807) is 12.1 Å². The number of nitrogen functional groups attached to an aromatic ring is 1. The van der Waals surface area contributed by atoms with Crippen LogP contribution in [0.1, 0.15) is 28.9 Å². The number of rotatable bonds is 11. The van der Waals surface area contributed by atoms with E-state index in [-0.39, 0.29) is 53.7 Å². The summed E-state index contributed by atoms with van der Waals surface area (Å²) in [5.74, 6) is -2.28. The van der Waals surface area contributed by atoms with E-state index in [9.17, 15) is 34.5 Å². The van der Waals surface area contributed by atoms with Crippen molar-refractivity contribution in [3.05, 3.63) is 88.9 Å². The van der Waals surface area contributed by atoms with Crippen molar-refractivity contribution in [3.63, 3.8) is 0 Å². The monoisotopic (exact) mass is 660 g/mol. The molecule has 9 N–H and O–H groups in total. The first kappa shape index (κ1) is 33.4. The molecule has 5 rings (SSSR count). The number of fused-ring (bicyclic) bond motifs is 1. The summed E-state index contributed by atoms with van der Waals surface area (Å²) in [6, 6.07) is 4.85. The minimum Gasteiger partial charge on any atom is -0.480 e. The number of benzene rings is 1. The summed E-state index contributed by atoms with van der Waals surface area (Å²) in [4.78, 5) is 69.7. The molecule has 2 amide bonds. The number of carbonyl (C=O) groups excluding carboxylic acids is 2. The molecule has 48 heavy (non-hydrogen) atoms. The van der Waals surface area contributed by atoms with Crippen LogP contribution in [0.5, 0.6) is 0 Å². The molecule has 1 saturated heterocycles. The lowest BCUT2D eigenvalue weighted by Crippen LogP contribution is -2.42. The number of aliphatic hydroxyl groups is 2. The molecule has 0 radical (unpaired) electrons. The molecule has 0 bridgehead atoms. The minimum atomic E-state index is -1.36. The topological polar surface area (TPSA) is 270 Å². The molecule has 2 aromatic heterocycles. The Balaban J connectivity index is 1.10. The molecule has 4 heterocycles. The van der Waals surface area contributed by atoms with Crippen LogP contribution in [0.4, 0.5) is 11.6 Å². The van der Waals surface area contributed by atoms with Gasteiger partial charge in [-0.15, -0.1) is 0 Å². The SMILES string of the molecule is C=C1[C@@H](O)[C@@H](CO)O[C@H]1N1C=CC(NC(=O)CC[C@H](NC(=O)c2ccc(NCc3cnc4nc(N)[nH]c(=O)c4n3)cc2)C(=O)O)=NC1=C. The zero-order valence-corrected chi connectivity index (χ0v) is 25.3. The van der Waals surface area contributed by atoms with Gasteiger partial charge in [0.1, 0.15) is 29.9 Å². The lowest BCUT2D eigenvalue weighted by molar-refractivity contribution is -0.139. The number of hydrogen-bond acceptors (Lipinski definition) is 14. The molecule has 18 heteroatoms. The largest absolute Gasteiger partial charge is 0.480 e. The number of aromatic nitrogens is 4. The summed E-state index contributed by atoms with van der Waals surface area (Å²) in [7, 11) is 0. The van der Waals surface area contributed by atoms with E-state index in [4.69, 9.17) is 10.5 Å². The van der Waals surface area contributed by atoms with Gasteiger partial charge < -0.3 is 46.6 Å². The lowest BCUT2D eigenvalue weighted by Gasteiger charge is -2.29. The number of carbonyl (C=O) groups is 3. The molecule has 4 atom stereocenters. The number of ether oxygens (including phenoxy) is 1. The van der Waals surface area contributed by atoms with E-state index in [1.165, 1.54) is 35.5 Å². The number of aliphatic carboxylic acids is 1. The number of H-pyrrole nitrogens is 1. The van der Waals surface area contributed by atoms with Crippen LogP contribution in [0, 0.1) is 0 Å². The number of amides is 2. The fourth-order valence-corrected chi connectivity index (χ4v) is 4.82. The van der Waals surface area contributed by atoms with Gasteiger partial charge in [-0.2, -0.15) is 4.98 Å². The van der Waals surface area contributed by atoms with Crippen LogP contribution in [-0.2, 0) is 20.9 Å². The molecular weight excluding hydrogens is 628 g/mol. The molecule has 18 nitrogen and oxygen atoms in total. The molecule has 0 spiro atoms. The van der Waals surface area contributed by atoms with Crippen LogP contribution in [0.25, 0.3) is 11.2 Å². The molecule has 1 fully saturated rings. The summed E-state index contributed by atoms with van der Waals surface area (Å²) in [6.45, 7) is 7.43. The first-order valence-corrected chi connectivity index (χ1v) is 14.5. The summed E-state index contributed by atoms with van der Waals surface area (Å²) >= 11 is 0. The molecule has 0 aliphatic carbocycles. The Hall–Kier alpha value is -5.98. The molecule has 3 aromatic rings. The number of anilines is 2. The number of aromatic amines is 1. The van der Waals surface area contributed by atoms with Crippen LogP contribution in [0.2, 0.25) is 0 Å². The van der Waals surface area contributed by atoms with Gasteiger partial charge in [0.2, 0.25) is 11.9 Å². The molecule has 0 saturated carbocycles. The maximum Gasteiger partial charge on any atom is 0.326 e. The summed E-state index contributed by atoms with van der Waals surface area (Å²) < 4.78 is 5.61. The van der Waals surface area contributed by atoms with E-state index < -0.39 is 54.4 Å². The van der Waals surface area contributed by atoms with E-state index in [0.29, 0.717) is 17.0 Å². The van der Waals surface area contributed by atoms with Gasteiger partial charge in [-0.3, -0.25) is 19.4 Å². The third kappa shape index (κ3) is 7.52. The van der Waals surface area contributed by atoms with Gasteiger partial charge in [0.25, 0.3) is 11.5 Å². The van der Waals surface area contributed by atoms with Crippen molar-refractivity contribution in [1.82, 2.24) is 35.5 Å². The van der Waals surface area contributed by atoms with Gasteiger partial charge in [0, 0.05) is 29.4 Å². The Bertz CT molecular complexity index is 1890. The molecule has 1 aromatic carbocycles. The Morgan fingerprint density at radius 2 is 1.92 bits per heavy atom. The van der Waals surface area contributed by atoms with E-state index in [0.717, 1.165) is 0 Å². The standard InChI is InChI=1S/C30H32N10O8/c1-14-24(43)20(13-41)48-28(14)40-10-9-21(34-15(40)2)37-22(42)8-7-19(29(46)47)36-26(44)16-3-5-17(6-4-16)32-11-18-12-33-25-23(35-18)27(45)39-30(31)38-25/h3-6,9-10,12,19-20,24,28,32,41,43H,1-2,7-8,11,13H2,(H,36,44)(H,46,47)(H,34,37,42)(H3,31,33,38,39,45)/t19-,20+,24+,28+/m0/s1. The Morgan fingerprint density at radius 1 is 1.17 bits per heavy atom.